The zero-order valence-corrected chi connectivity index (χ0v) is 13.2. The average Bonchev–Trinajstić information content (AvgIpc) is 3.01. The number of methoxy groups -OCH3 is 1. The molecule has 3 nitrogen and oxygen atoms in total. The van der Waals surface area contributed by atoms with Gasteiger partial charge in [0.25, 0.3) is 0 Å². The molecule has 0 fully saturated rings. The number of ether oxygens (including phenoxy) is 1. The number of ketones is 1. The molecule has 0 saturated heterocycles. The number of Topliss-reactive ketones (excluding diaryl/α,β-unsaturated/α-hetero) is 1. The Morgan fingerprint density at radius 2 is 2.05 bits per heavy atom. The van der Waals surface area contributed by atoms with E-state index < -0.39 is 0 Å². The number of hydrogen-bond acceptors (Lipinski definition) is 4. The summed E-state index contributed by atoms with van der Waals surface area (Å²) >= 11 is 1.82. The van der Waals surface area contributed by atoms with Crippen molar-refractivity contribution < 1.29 is 9.53 Å². The highest BCUT2D eigenvalue weighted by Gasteiger charge is 2.26. The summed E-state index contributed by atoms with van der Waals surface area (Å²) < 4.78 is 5.14. The van der Waals surface area contributed by atoms with E-state index >= 15 is 0 Å². The maximum absolute atomic E-state index is 12.6. The van der Waals surface area contributed by atoms with Crippen molar-refractivity contribution in [2.24, 2.45) is 0 Å². The molecule has 0 N–H and O–H groups in total. The summed E-state index contributed by atoms with van der Waals surface area (Å²) in [6.07, 6.45) is 1.05. The van der Waals surface area contributed by atoms with Crippen LogP contribution in [-0.4, -0.2) is 30.4 Å². The van der Waals surface area contributed by atoms with E-state index in [-0.39, 0.29) is 11.8 Å². The van der Waals surface area contributed by atoms with E-state index in [4.69, 9.17) is 4.74 Å². The van der Waals surface area contributed by atoms with Gasteiger partial charge in [-0.15, -0.1) is 11.3 Å². The van der Waals surface area contributed by atoms with Crippen LogP contribution in [0.1, 0.15) is 27.7 Å². The van der Waals surface area contributed by atoms with Gasteiger partial charge in [-0.05, 0) is 54.6 Å². The summed E-state index contributed by atoms with van der Waals surface area (Å²) in [6.45, 7) is 3.84. The maximum Gasteiger partial charge on any atom is 0.179 e. The van der Waals surface area contributed by atoms with Crippen LogP contribution in [0.3, 0.4) is 0 Å². The summed E-state index contributed by atoms with van der Waals surface area (Å²) in [6, 6.07) is 9.46. The molecule has 0 amide bonds. The van der Waals surface area contributed by atoms with Crippen LogP contribution >= 0.6 is 11.3 Å². The molecule has 1 aliphatic heterocycles. The number of hydrogen-bond donors (Lipinski definition) is 0. The fourth-order valence-corrected chi connectivity index (χ4v) is 3.65. The summed E-state index contributed by atoms with van der Waals surface area (Å²) in [5, 5.41) is 2.14. The monoisotopic (exact) mass is 301 g/mol. The van der Waals surface area contributed by atoms with E-state index in [1.807, 2.05) is 42.5 Å². The van der Waals surface area contributed by atoms with Crippen LogP contribution < -0.4 is 4.74 Å². The maximum atomic E-state index is 12.6. The van der Waals surface area contributed by atoms with Gasteiger partial charge in [0.05, 0.1) is 13.2 Å². The van der Waals surface area contributed by atoms with Crippen molar-refractivity contribution in [3.8, 4) is 5.75 Å². The zero-order valence-electron chi connectivity index (χ0n) is 12.3. The molecule has 0 spiro atoms. The molecule has 1 atom stereocenters. The molecule has 110 valence electrons. The Morgan fingerprint density at radius 3 is 2.76 bits per heavy atom. The fourth-order valence-electron chi connectivity index (χ4n) is 2.76. The molecule has 0 aliphatic carbocycles. The van der Waals surface area contributed by atoms with Crippen molar-refractivity contribution in [1.29, 1.82) is 0 Å². The van der Waals surface area contributed by atoms with Gasteiger partial charge >= 0.3 is 0 Å². The van der Waals surface area contributed by atoms with Crippen molar-refractivity contribution in [3.63, 3.8) is 0 Å². The molecule has 21 heavy (non-hydrogen) atoms. The number of carbonyl (C=O) groups is 1. The first kappa shape index (κ1) is 14.3. The number of thiophene rings is 1. The van der Waals surface area contributed by atoms with Gasteiger partial charge in [0.1, 0.15) is 5.75 Å². The average molecular weight is 301 g/mol. The van der Waals surface area contributed by atoms with E-state index in [2.05, 4.69) is 16.3 Å². The minimum Gasteiger partial charge on any atom is -0.497 e. The summed E-state index contributed by atoms with van der Waals surface area (Å²) in [7, 11) is 1.63. The molecule has 1 unspecified atom stereocenters. The predicted octanol–water partition coefficient (Wildman–Crippen LogP) is 3.39. The van der Waals surface area contributed by atoms with Crippen LogP contribution in [0.25, 0.3) is 0 Å². The van der Waals surface area contributed by atoms with Gasteiger partial charge in [-0.1, -0.05) is 0 Å². The smallest absolute Gasteiger partial charge is 0.179 e. The van der Waals surface area contributed by atoms with Crippen molar-refractivity contribution in [2.75, 3.05) is 13.7 Å². The highest BCUT2D eigenvalue weighted by atomic mass is 32.1. The topological polar surface area (TPSA) is 29.5 Å². The lowest BCUT2D eigenvalue weighted by molar-refractivity contribution is 0.0821. The quantitative estimate of drug-likeness (QED) is 0.811. The molecule has 0 bridgehead atoms. The molecular formula is C17H19NO2S. The Balaban J connectivity index is 1.72. The van der Waals surface area contributed by atoms with E-state index in [0.717, 1.165) is 30.8 Å². The lowest BCUT2D eigenvalue weighted by atomic mass is 10.0. The molecule has 0 saturated carbocycles. The molecule has 2 aromatic rings. The van der Waals surface area contributed by atoms with Crippen molar-refractivity contribution in [1.82, 2.24) is 4.90 Å². The summed E-state index contributed by atoms with van der Waals surface area (Å²) in [5.74, 6) is 0.955. The van der Waals surface area contributed by atoms with E-state index in [9.17, 15) is 4.79 Å². The predicted molar refractivity (Wildman–Crippen MR) is 85.2 cm³/mol. The molecule has 3 rings (SSSR count). The summed E-state index contributed by atoms with van der Waals surface area (Å²) in [4.78, 5) is 16.3. The number of rotatable bonds is 4. The Kier molecular flexibility index (Phi) is 4.08. The van der Waals surface area contributed by atoms with Gasteiger partial charge in [0, 0.05) is 23.5 Å². The van der Waals surface area contributed by atoms with Crippen LogP contribution in [0, 0.1) is 0 Å². The lowest BCUT2D eigenvalue weighted by Gasteiger charge is -2.31. The Hall–Kier alpha value is -1.65. The lowest BCUT2D eigenvalue weighted by Crippen LogP contribution is -2.41. The fraction of sp³-hybridized carbons (Fsp3) is 0.353. The van der Waals surface area contributed by atoms with Gasteiger partial charge in [-0.3, -0.25) is 9.69 Å². The second-order valence-electron chi connectivity index (χ2n) is 5.36. The van der Waals surface area contributed by atoms with Gasteiger partial charge in [-0.25, -0.2) is 0 Å². The number of nitrogens with zero attached hydrogens (tertiary/aromatic N) is 1. The highest BCUT2D eigenvalue weighted by molar-refractivity contribution is 7.10. The first-order valence-corrected chi connectivity index (χ1v) is 8.04. The standard InChI is InChI=1S/C17H19NO2S/c1-12(17(19)13-3-5-15(20-2)6-4-13)18-9-7-16-14(11-18)8-10-21-16/h3-6,8,10,12H,7,9,11H2,1-2H3. The van der Waals surface area contributed by atoms with Crippen LogP contribution in [0.4, 0.5) is 0 Å². The van der Waals surface area contributed by atoms with E-state index in [1.54, 1.807) is 7.11 Å². The first-order valence-electron chi connectivity index (χ1n) is 7.16. The zero-order chi connectivity index (χ0) is 14.8. The molecule has 4 heteroatoms. The molecule has 1 aromatic heterocycles. The van der Waals surface area contributed by atoms with Crippen LogP contribution in [-0.2, 0) is 13.0 Å². The minimum absolute atomic E-state index is 0.0913. The SMILES string of the molecule is COc1ccc(C(=O)C(C)N2CCc3sccc3C2)cc1. The van der Waals surface area contributed by atoms with E-state index in [0.29, 0.717) is 0 Å². The van der Waals surface area contributed by atoms with Gasteiger partial charge in [0.15, 0.2) is 5.78 Å². The van der Waals surface area contributed by atoms with Crippen molar-refractivity contribution in [2.45, 2.75) is 25.9 Å². The van der Waals surface area contributed by atoms with Crippen LogP contribution in [0.2, 0.25) is 0 Å². The minimum atomic E-state index is -0.0913. The second kappa shape index (κ2) is 6.00. The molecule has 1 aromatic carbocycles. The largest absolute Gasteiger partial charge is 0.497 e. The van der Waals surface area contributed by atoms with Gasteiger partial charge in [0.2, 0.25) is 0 Å². The molecule has 1 aliphatic rings. The molecule has 0 radical (unpaired) electrons. The van der Waals surface area contributed by atoms with Crippen molar-refractivity contribution >= 4 is 17.1 Å². The molecule has 2 heterocycles. The number of carbonyl (C=O) groups excluding carboxylic acids is 1. The molecular weight excluding hydrogens is 282 g/mol. The number of benzene rings is 1. The highest BCUT2D eigenvalue weighted by Crippen LogP contribution is 2.26. The van der Waals surface area contributed by atoms with Gasteiger partial charge in [-0.2, -0.15) is 0 Å². The normalized spacial score (nSPS) is 16.3. The van der Waals surface area contributed by atoms with Crippen LogP contribution in [0.15, 0.2) is 35.7 Å². The number of fused-ring (bicyclic) bond motifs is 1. The van der Waals surface area contributed by atoms with Crippen molar-refractivity contribution in [3.05, 3.63) is 51.7 Å². The Bertz CT molecular complexity index is 632. The third kappa shape index (κ3) is 2.87. The van der Waals surface area contributed by atoms with Crippen LogP contribution in [0.5, 0.6) is 5.75 Å². The third-order valence-electron chi connectivity index (χ3n) is 4.14. The Morgan fingerprint density at radius 1 is 1.29 bits per heavy atom. The van der Waals surface area contributed by atoms with Gasteiger partial charge < -0.3 is 4.74 Å². The third-order valence-corrected chi connectivity index (χ3v) is 5.16. The van der Waals surface area contributed by atoms with E-state index in [1.165, 1.54) is 10.4 Å². The summed E-state index contributed by atoms with van der Waals surface area (Å²) in [5.41, 5.74) is 2.13. The first-order chi connectivity index (χ1) is 10.2. The second-order valence-corrected chi connectivity index (χ2v) is 6.36. The Labute approximate surface area is 129 Å².